The molecule has 116 valence electrons. The number of aryl methyl sites for hydroxylation is 2. The van der Waals surface area contributed by atoms with Gasteiger partial charge in [0.15, 0.2) is 0 Å². The van der Waals surface area contributed by atoms with Gasteiger partial charge in [-0.3, -0.25) is 4.79 Å². The molecule has 22 heavy (non-hydrogen) atoms. The maximum atomic E-state index is 11.8. The van der Waals surface area contributed by atoms with Gasteiger partial charge in [-0.05, 0) is 43.2 Å². The summed E-state index contributed by atoms with van der Waals surface area (Å²) in [5, 5.41) is 2.87. The molecule has 0 heterocycles. The number of nitrogens with one attached hydrogen (secondary N) is 1. The number of carbonyl (C=O) groups excluding carboxylic acids is 1. The monoisotopic (exact) mass is 361 g/mol. The highest BCUT2D eigenvalue weighted by atomic mass is 79.9. The second-order valence-electron chi connectivity index (χ2n) is 5.14. The highest BCUT2D eigenvalue weighted by Crippen LogP contribution is 2.13. The summed E-state index contributed by atoms with van der Waals surface area (Å²) in [4.78, 5) is 11.8. The van der Waals surface area contributed by atoms with Crippen LogP contribution in [0.2, 0.25) is 0 Å². The second-order valence-corrected chi connectivity index (χ2v) is 6.06. The third-order valence-corrected chi connectivity index (χ3v) is 3.74. The fraction of sp³-hybridized carbons (Fsp3) is 0.278. The molecule has 1 N–H and O–H groups in total. The Labute approximate surface area is 139 Å². The van der Waals surface area contributed by atoms with Crippen LogP contribution in [0.3, 0.4) is 0 Å². The van der Waals surface area contributed by atoms with Crippen LogP contribution < -0.4 is 10.1 Å². The molecule has 2 aromatic rings. The predicted octanol–water partition coefficient (Wildman–Crippen LogP) is 3.89. The van der Waals surface area contributed by atoms with Crippen LogP contribution in [0.5, 0.6) is 5.75 Å². The van der Waals surface area contributed by atoms with Crippen LogP contribution in [-0.2, 0) is 11.2 Å². The van der Waals surface area contributed by atoms with Gasteiger partial charge in [0, 0.05) is 10.9 Å². The number of halogens is 1. The molecule has 0 aliphatic carbocycles. The Morgan fingerprint density at radius 2 is 1.95 bits per heavy atom. The predicted molar refractivity (Wildman–Crippen MR) is 92.1 cm³/mol. The Kier molecular flexibility index (Phi) is 6.46. The lowest BCUT2D eigenvalue weighted by Crippen LogP contribution is -2.28. The molecule has 0 fully saturated rings. The molecule has 2 aromatic carbocycles. The summed E-state index contributed by atoms with van der Waals surface area (Å²) >= 11 is 3.43. The number of hydrogen-bond donors (Lipinski definition) is 1. The number of benzene rings is 2. The van der Waals surface area contributed by atoms with Gasteiger partial charge in [-0.15, -0.1) is 0 Å². The minimum atomic E-state index is 0.0486. The van der Waals surface area contributed by atoms with Crippen LogP contribution in [-0.4, -0.2) is 19.1 Å². The fourth-order valence-corrected chi connectivity index (χ4v) is 2.48. The molecule has 0 aromatic heterocycles. The fourth-order valence-electron chi connectivity index (χ4n) is 2.03. The maximum absolute atomic E-state index is 11.8. The Balaban J connectivity index is 1.62. The van der Waals surface area contributed by atoms with E-state index in [1.54, 1.807) is 0 Å². The molecule has 0 radical (unpaired) electrons. The average Bonchev–Trinajstić information content (AvgIpc) is 2.51. The van der Waals surface area contributed by atoms with Crippen molar-refractivity contribution in [2.45, 2.75) is 19.8 Å². The van der Waals surface area contributed by atoms with Gasteiger partial charge >= 0.3 is 0 Å². The third kappa shape index (κ3) is 5.90. The zero-order valence-electron chi connectivity index (χ0n) is 12.6. The Morgan fingerprint density at radius 3 is 2.68 bits per heavy atom. The quantitative estimate of drug-likeness (QED) is 0.759. The van der Waals surface area contributed by atoms with Crippen LogP contribution in [0.4, 0.5) is 0 Å². The average molecular weight is 362 g/mol. The molecule has 1 amide bonds. The van der Waals surface area contributed by atoms with Gasteiger partial charge in [0.05, 0.1) is 6.54 Å². The van der Waals surface area contributed by atoms with Crippen molar-refractivity contribution in [2.24, 2.45) is 0 Å². The van der Waals surface area contributed by atoms with Crippen molar-refractivity contribution in [3.8, 4) is 5.75 Å². The molecule has 4 heteroatoms. The summed E-state index contributed by atoms with van der Waals surface area (Å²) in [7, 11) is 0. The van der Waals surface area contributed by atoms with E-state index in [2.05, 4.69) is 21.2 Å². The molecule has 0 aliphatic heterocycles. The summed E-state index contributed by atoms with van der Waals surface area (Å²) in [5.41, 5.74) is 2.36. The van der Waals surface area contributed by atoms with Crippen molar-refractivity contribution in [1.82, 2.24) is 5.32 Å². The first kappa shape index (κ1) is 16.6. The van der Waals surface area contributed by atoms with Crippen molar-refractivity contribution in [3.63, 3.8) is 0 Å². The molecular weight excluding hydrogens is 342 g/mol. The Morgan fingerprint density at radius 1 is 1.18 bits per heavy atom. The van der Waals surface area contributed by atoms with E-state index < -0.39 is 0 Å². The van der Waals surface area contributed by atoms with Gasteiger partial charge in [0.2, 0.25) is 5.91 Å². The summed E-state index contributed by atoms with van der Waals surface area (Å²) in [6.45, 7) is 3.03. The Bertz CT molecular complexity index is 611. The minimum Gasteiger partial charge on any atom is -0.492 e. The normalized spacial score (nSPS) is 10.3. The Hall–Kier alpha value is -1.81. The number of ether oxygens (including phenoxy) is 1. The zero-order chi connectivity index (χ0) is 15.8. The van der Waals surface area contributed by atoms with Crippen molar-refractivity contribution in [2.75, 3.05) is 13.2 Å². The van der Waals surface area contributed by atoms with Crippen molar-refractivity contribution < 1.29 is 9.53 Å². The lowest BCUT2D eigenvalue weighted by Gasteiger charge is -2.08. The van der Waals surface area contributed by atoms with Gasteiger partial charge in [0.25, 0.3) is 0 Å². The van der Waals surface area contributed by atoms with Gasteiger partial charge in [-0.1, -0.05) is 45.8 Å². The zero-order valence-corrected chi connectivity index (χ0v) is 14.2. The summed E-state index contributed by atoms with van der Waals surface area (Å²) in [5.74, 6) is 0.876. The van der Waals surface area contributed by atoms with Crippen LogP contribution in [0.15, 0.2) is 53.0 Å². The third-order valence-electron chi connectivity index (χ3n) is 3.24. The summed E-state index contributed by atoms with van der Waals surface area (Å²) in [6.07, 6.45) is 1.23. The SMILES string of the molecule is Cc1ccc(OCCNC(=O)CCc2cccc(Br)c2)cc1. The first-order valence-corrected chi connectivity index (χ1v) is 8.13. The molecule has 0 spiro atoms. The number of carbonyl (C=O) groups is 1. The van der Waals surface area contributed by atoms with E-state index in [0.717, 1.165) is 22.2 Å². The van der Waals surface area contributed by atoms with Crippen molar-refractivity contribution in [3.05, 3.63) is 64.1 Å². The molecule has 2 rings (SSSR count). The van der Waals surface area contributed by atoms with Crippen LogP contribution in [0, 0.1) is 6.92 Å². The second kappa shape index (κ2) is 8.59. The van der Waals surface area contributed by atoms with Crippen LogP contribution in [0.25, 0.3) is 0 Å². The number of rotatable bonds is 7. The van der Waals surface area contributed by atoms with Gasteiger partial charge in [-0.25, -0.2) is 0 Å². The van der Waals surface area contributed by atoms with E-state index in [9.17, 15) is 4.79 Å². The van der Waals surface area contributed by atoms with Crippen LogP contribution >= 0.6 is 15.9 Å². The smallest absolute Gasteiger partial charge is 0.220 e. The maximum Gasteiger partial charge on any atom is 0.220 e. The standard InChI is InChI=1S/C18H20BrNO2/c1-14-5-8-17(9-6-14)22-12-11-20-18(21)10-7-15-3-2-4-16(19)13-15/h2-6,8-9,13H,7,10-12H2,1H3,(H,20,21). The molecule has 0 atom stereocenters. The van der Waals surface area contributed by atoms with Gasteiger partial charge < -0.3 is 10.1 Å². The van der Waals surface area contributed by atoms with Crippen LogP contribution in [0.1, 0.15) is 17.5 Å². The lowest BCUT2D eigenvalue weighted by molar-refractivity contribution is -0.121. The van der Waals surface area contributed by atoms with Gasteiger partial charge in [-0.2, -0.15) is 0 Å². The largest absolute Gasteiger partial charge is 0.492 e. The van der Waals surface area contributed by atoms with E-state index in [1.165, 1.54) is 5.56 Å². The molecule has 0 bridgehead atoms. The van der Waals surface area contributed by atoms with E-state index in [4.69, 9.17) is 4.74 Å². The molecule has 0 saturated carbocycles. The lowest BCUT2D eigenvalue weighted by atomic mass is 10.1. The first-order valence-electron chi connectivity index (χ1n) is 7.34. The summed E-state index contributed by atoms with van der Waals surface area (Å²) < 4.78 is 6.61. The topological polar surface area (TPSA) is 38.3 Å². The van der Waals surface area contributed by atoms with E-state index >= 15 is 0 Å². The highest BCUT2D eigenvalue weighted by Gasteiger charge is 2.02. The molecule has 3 nitrogen and oxygen atoms in total. The highest BCUT2D eigenvalue weighted by molar-refractivity contribution is 9.10. The minimum absolute atomic E-state index is 0.0486. The van der Waals surface area contributed by atoms with E-state index in [-0.39, 0.29) is 5.91 Å². The molecule has 0 unspecified atom stereocenters. The number of hydrogen-bond acceptors (Lipinski definition) is 2. The molecule has 0 aliphatic rings. The summed E-state index contributed by atoms with van der Waals surface area (Å²) in [6, 6.07) is 15.9. The van der Waals surface area contributed by atoms with Crippen molar-refractivity contribution >= 4 is 21.8 Å². The van der Waals surface area contributed by atoms with E-state index in [1.807, 2.05) is 55.5 Å². The van der Waals surface area contributed by atoms with Crippen molar-refractivity contribution in [1.29, 1.82) is 0 Å². The molecule has 0 saturated heterocycles. The number of amides is 1. The molecular formula is C18H20BrNO2. The first-order chi connectivity index (χ1) is 10.6. The van der Waals surface area contributed by atoms with Gasteiger partial charge in [0.1, 0.15) is 12.4 Å². The van der Waals surface area contributed by atoms with E-state index in [0.29, 0.717) is 19.6 Å².